The van der Waals surface area contributed by atoms with Gasteiger partial charge in [0.15, 0.2) is 0 Å². The van der Waals surface area contributed by atoms with Crippen molar-refractivity contribution in [3.8, 4) is 0 Å². The summed E-state index contributed by atoms with van der Waals surface area (Å²) < 4.78 is 33.2. The minimum Gasteiger partial charge on any atom is -0.481 e. The van der Waals surface area contributed by atoms with Gasteiger partial charge >= 0.3 is 12.1 Å². The van der Waals surface area contributed by atoms with E-state index in [1.807, 2.05) is 0 Å². The third kappa shape index (κ3) is 26.7. The molecule has 0 aromatic rings. The summed E-state index contributed by atoms with van der Waals surface area (Å²) in [5.74, 6) is -0.663. The number of aliphatic carboxylic acids is 1. The third-order valence-electron chi connectivity index (χ3n) is 2.53. The number of halogens is 3. The first-order chi connectivity index (χ1) is 8.83. The molecular weight excluding hydrogens is 257 g/mol. The molecule has 0 rings (SSSR count). The van der Waals surface area contributed by atoms with Gasteiger partial charge in [-0.25, -0.2) is 0 Å². The van der Waals surface area contributed by atoms with Crippen LogP contribution in [-0.4, -0.2) is 17.3 Å². The lowest BCUT2D eigenvalue weighted by molar-refractivity contribution is -0.137. The highest BCUT2D eigenvalue weighted by Gasteiger charge is 2.24. The van der Waals surface area contributed by atoms with Crippen LogP contribution in [0.5, 0.6) is 0 Å². The number of unbranched alkanes of at least 4 members (excludes halogenated alkanes) is 6. The van der Waals surface area contributed by atoms with Gasteiger partial charge in [-0.3, -0.25) is 4.79 Å². The predicted molar refractivity (Wildman–Crippen MR) is 71.2 cm³/mol. The lowest BCUT2D eigenvalue weighted by Crippen LogP contribution is -2.04. The van der Waals surface area contributed by atoms with Crippen molar-refractivity contribution in [2.24, 2.45) is 0 Å². The zero-order valence-electron chi connectivity index (χ0n) is 12.1. The van der Waals surface area contributed by atoms with E-state index in [-0.39, 0.29) is 6.42 Å². The first-order valence-corrected chi connectivity index (χ1v) is 7.12. The second-order valence-electron chi connectivity index (χ2n) is 4.63. The van der Waals surface area contributed by atoms with Gasteiger partial charge in [0.2, 0.25) is 0 Å². The Balaban J connectivity index is 0. The molecule has 0 amide bonds. The van der Waals surface area contributed by atoms with Gasteiger partial charge in [-0.2, -0.15) is 13.2 Å². The largest absolute Gasteiger partial charge is 0.481 e. The average molecular weight is 284 g/mol. The maximum absolute atomic E-state index is 11.1. The predicted octanol–water partition coefficient (Wildman–Crippen LogP) is 5.56. The van der Waals surface area contributed by atoms with Crippen LogP contribution in [0, 0.1) is 0 Å². The minimum absolute atomic E-state index is 0.184. The molecule has 0 aromatic carbocycles. The fourth-order valence-corrected chi connectivity index (χ4v) is 1.52. The molecule has 0 fully saturated rings. The molecule has 0 radical (unpaired) electrons. The SMILES string of the molecule is CCCC(F)(F)F.CCCCCCCCCC(=O)O. The Kier molecular flexibility index (Phi) is 14.8. The summed E-state index contributed by atoms with van der Waals surface area (Å²) in [6.45, 7) is 3.71. The third-order valence-corrected chi connectivity index (χ3v) is 2.53. The molecule has 116 valence electrons. The van der Waals surface area contributed by atoms with Crippen LogP contribution < -0.4 is 0 Å². The molecule has 5 heteroatoms. The van der Waals surface area contributed by atoms with E-state index in [1.165, 1.54) is 39.0 Å². The fraction of sp³-hybridized carbons (Fsp3) is 0.929. The molecule has 19 heavy (non-hydrogen) atoms. The van der Waals surface area contributed by atoms with Crippen LogP contribution in [-0.2, 0) is 4.79 Å². The highest BCUT2D eigenvalue weighted by atomic mass is 19.4. The Bertz CT molecular complexity index is 203. The molecule has 0 bridgehead atoms. The normalized spacial score (nSPS) is 10.8. The van der Waals surface area contributed by atoms with Crippen molar-refractivity contribution in [2.45, 2.75) is 84.2 Å². The van der Waals surface area contributed by atoms with E-state index in [0.717, 1.165) is 12.8 Å². The second kappa shape index (κ2) is 13.7. The first-order valence-electron chi connectivity index (χ1n) is 7.12. The summed E-state index contributed by atoms with van der Waals surface area (Å²) in [6, 6.07) is 0. The summed E-state index contributed by atoms with van der Waals surface area (Å²) in [4.78, 5) is 10.1. The van der Waals surface area contributed by atoms with Gasteiger partial charge in [0.05, 0.1) is 0 Å². The molecule has 0 atom stereocenters. The van der Waals surface area contributed by atoms with Crippen LogP contribution in [0.3, 0.4) is 0 Å². The standard InChI is InChI=1S/C10H20O2.C4H7F3/c1-2-3-4-5-6-7-8-9-10(11)12;1-2-3-4(5,6)7/h2-9H2,1H3,(H,11,12);2-3H2,1H3. The number of carboxylic acids is 1. The van der Waals surface area contributed by atoms with Crippen molar-refractivity contribution in [1.82, 2.24) is 0 Å². The Morgan fingerprint density at radius 1 is 0.895 bits per heavy atom. The molecule has 0 unspecified atom stereocenters. The van der Waals surface area contributed by atoms with Gasteiger partial charge in [-0.1, -0.05) is 52.4 Å². The number of alkyl halides is 3. The Morgan fingerprint density at radius 3 is 1.68 bits per heavy atom. The van der Waals surface area contributed by atoms with Crippen LogP contribution in [0.15, 0.2) is 0 Å². The molecule has 0 aliphatic heterocycles. The van der Waals surface area contributed by atoms with E-state index in [4.69, 9.17) is 5.11 Å². The molecule has 0 heterocycles. The lowest BCUT2D eigenvalue weighted by atomic mass is 10.1. The number of hydrogen-bond donors (Lipinski definition) is 1. The maximum atomic E-state index is 11.1. The maximum Gasteiger partial charge on any atom is 0.389 e. The zero-order chi connectivity index (χ0) is 15.1. The summed E-state index contributed by atoms with van der Waals surface area (Å²) in [6.07, 6.45) is 4.22. The van der Waals surface area contributed by atoms with Gasteiger partial charge in [-0.15, -0.1) is 0 Å². The van der Waals surface area contributed by atoms with Crippen molar-refractivity contribution >= 4 is 5.97 Å². The van der Waals surface area contributed by atoms with Gasteiger partial charge in [0.1, 0.15) is 0 Å². The highest BCUT2D eigenvalue weighted by molar-refractivity contribution is 5.66. The molecule has 0 aliphatic rings. The van der Waals surface area contributed by atoms with Crippen LogP contribution >= 0.6 is 0 Å². The van der Waals surface area contributed by atoms with Gasteiger partial charge in [-0.05, 0) is 12.8 Å². The molecule has 0 spiro atoms. The summed E-state index contributed by atoms with van der Waals surface area (Å²) in [7, 11) is 0. The van der Waals surface area contributed by atoms with E-state index < -0.39 is 18.6 Å². The molecule has 2 nitrogen and oxygen atoms in total. The number of carbonyl (C=O) groups is 1. The van der Waals surface area contributed by atoms with E-state index in [1.54, 1.807) is 0 Å². The topological polar surface area (TPSA) is 37.3 Å². The molecule has 1 N–H and O–H groups in total. The Hall–Kier alpha value is -0.740. The van der Waals surface area contributed by atoms with E-state index in [0.29, 0.717) is 6.42 Å². The molecule has 0 aromatic heterocycles. The van der Waals surface area contributed by atoms with E-state index >= 15 is 0 Å². The monoisotopic (exact) mass is 284 g/mol. The number of carboxylic acid groups (broad SMARTS) is 1. The van der Waals surface area contributed by atoms with Crippen molar-refractivity contribution in [1.29, 1.82) is 0 Å². The first kappa shape index (κ1) is 20.6. The number of hydrogen-bond acceptors (Lipinski definition) is 1. The molecular formula is C14H27F3O2. The van der Waals surface area contributed by atoms with Crippen LogP contribution in [0.25, 0.3) is 0 Å². The molecule has 0 aliphatic carbocycles. The van der Waals surface area contributed by atoms with Crippen LogP contribution in [0.4, 0.5) is 13.2 Å². The van der Waals surface area contributed by atoms with Crippen molar-refractivity contribution in [3.63, 3.8) is 0 Å². The Morgan fingerprint density at radius 2 is 1.37 bits per heavy atom. The lowest BCUT2D eigenvalue weighted by Gasteiger charge is -2.00. The molecule has 0 saturated heterocycles. The summed E-state index contributed by atoms with van der Waals surface area (Å²) in [5.41, 5.74) is 0. The second-order valence-corrected chi connectivity index (χ2v) is 4.63. The minimum atomic E-state index is -3.95. The van der Waals surface area contributed by atoms with E-state index in [2.05, 4.69) is 6.92 Å². The quantitative estimate of drug-likeness (QED) is 0.563. The number of rotatable bonds is 9. The highest BCUT2D eigenvalue weighted by Crippen LogP contribution is 2.20. The summed E-state index contributed by atoms with van der Waals surface area (Å²) in [5, 5.41) is 8.35. The smallest absolute Gasteiger partial charge is 0.389 e. The van der Waals surface area contributed by atoms with Crippen molar-refractivity contribution in [2.75, 3.05) is 0 Å². The van der Waals surface area contributed by atoms with Gasteiger partial charge < -0.3 is 5.11 Å². The Labute approximate surface area is 114 Å². The fourth-order valence-electron chi connectivity index (χ4n) is 1.52. The summed E-state index contributed by atoms with van der Waals surface area (Å²) >= 11 is 0. The van der Waals surface area contributed by atoms with Gasteiger partial charge in [0, 0.05) is 12.8 Å². The van der Waals surface area contributed by atoms with Gasteiger partial charge in [0.25, 0.3) is 0 Å². The van der Waals surface area contributed by atoms with Crippen LogP contribution in [0.1, 0.15) is 78.1 Å². The average Bonchev–Trinajstić information content (AvgIpc) is 2.27. The van der Waals surface area contributed by atoms with E-state index in [9.17, 15) is 18.0 Å². The van der Waals surface area contributed by atoms with Crippen LogP contribution in [0.2, 0.25) is 0 Å². The van der Waals surface area contributed by atoms with Crippen molar-refractivity contribution < 1.29 is 23.1 Å². The molecule has 0 saturated carbocycles. The zero-order valence-corrected chi connectivity index (χ0v) is 12.1. The van der Waals surface area contributed by atoms with Crippen molar-refractivity contribution in [3.05, 3.63) is 0 Å².